The summed E-state index contributed by atoms with van der Waals surface area (Å²) in [6.07, 6.45) is 1.66. The fourth-order valence-electron chi connectivity index (χ4n) is 2.85. The molecular formula is C20H18BrF2N2NaO5PS2. The second-order valence-corrected chi connectivity index (χ2v) is 12.1. The van der Waals surface area contributed by atoms with E-state index < -0.39 is 28.8 Å². The normalized spacial score (nSPS) is 12.3. The van der Waals surface area contributed by atoms with Crippen LogP contribution in [0.3, 0.4) is 0 Å². The zero-order valence-electron chi connectivity index (χ0n) is 17.7. The van der Waals surface area contributed by atoms with E-state index in [0.717, 1.165) is 11.6 Å². The fourth-order valence-corrected chi connectivity index (χ4v) is 5.67. The van der Waals surface area contributed by atoms with Gasteiger partial charge in [0, 0.05) is 62.9 Å². The number of pyridine rings is 1. The Bertz CT molecular complexity index is 1320. The van der Waals surface area contributed by atoms with Crippen LogP contribution in [0.15, 0.2) is 70.2 Å². The van der Waals surface area contributed by atoms with Gasteiger partial charge in [0.25, 0.3) is 0 Å². The number of thioether (sulfide) groups is 1. The third kappa shape index (κ3) is 7.19. The Morgan fingerprint density at radius 2 is 1.71 bits per heavy atom. The second kappa shape index (κ2) is 11.6. The van der Waals surface area contributed by atoms with E-state index in [1.54, 1.807) is 24.4 Å². The fraction of sp³-hybridized carbons (Fsp3) is 0.150. The van der Waals surface area contributed by atoms with Crippen molar-refractivity contribution in [2.45, 2.75) is 22.1 Å². The first kappa shape index (κ1) is 29.6. The van der Waals surface area contributed by atoms with Gasteiger partial charge in [-0.3, -0.25) is 9.55 Å². The largest absolute Gasteiger partial charge is 0.399 e. The molecular weight excluding hydrogens is 584 g/mol. The number of nitrogens with two attached hydrogens (primary N) is 1. The van der Waals surface area contributed by atoms with Gasteiger partial charge in [-0.1, -0.05) is 46.3 Å². The van der Waals surface area contributed by atoms with Crippen molar-refractivity contribution >= 4 is 74.9 Å². The molecule has 3 rings (SSSR count). The summed E-state index contributed by atoms with van der Waals surface area (Å²) in [6, 6.07) is 13.6. The molecule has 34 heavy (non-hydrogen) atoms. The molecule has 3 aromatic rings. The van der Waals surface area contributed by atoms with Gasteiger partial charge in [0.15, 0.2) is 0 Å². The number of halogens is 3. The molecule has 0 bridgehead atoms. The summed E-state index contributed by atoms with van der Waals surface area (Å²) in [5.41, 5.74) is -2.26. The molecule has 0 unspecified atom stereocenters. The first-order valence-corrected chi connectivity index (χ1v) is 14.3. The monoisotopic (exact) mass is 601 g/mol. The van der Waals surface area contributed by atoms with Crippen LogP contribution in [0.25, 0.3) is 11.3 Å². The first-order valence-electron chi connectivity index (χ1n) is 9.17. The maximum Gasteiger partial charge on any atom is 0.399 e. The number of rotatable bonds is 8. The minimum absolute atomic E-state index is 0. The molecule has 1 heterocycles. The molecule has 0 fully saturated rings. The molecule has 177 valence electrons. The molecule has 0 amide bonds. The van der Waals surface area contributed by atoms with Gasteiger partial charge in [0.1, 0.15) is 0 Å². The topological polar surface area (TPSA) is 131 Å². The van der Waals surface area contributed by atoms with E-state index in [4.69, 9.17) is 14.9 Å². The molecule has 0 atom stereocenters. The van der Waals surface area contributed by atoms with Gasteiger partial charge in [-0.2, -0.15) is 20.5 Å². The van der Waals surface area contributed by atoms with Crippen LogP contribution < -0.4 is 5.14 Å². The molecule has 0 aliphatic heterocycles. The minimum Gasteiger partial charge on any atom is -0.320 e. The molecule has 2 aromatic carbocycles. The molecule has 0 saturated heterocycles. The zero-order valence-corrected chi connectivity index (χ0v) is 23.8. The van der Waals surface area contributed by atoms with E-state index in [0.29, 0.717) is 28.3 Å². The van der Waals surface area contributed by atoms with Crippen molar-refractivity contribution < 1.29 is 31.6 Å². The number of alkyl halides is 2. The van der Waals surface area contributed by atoms with Gasteiger partial charge in [-0.15, -0.1) is 0 Å². The van der Waals surface area contributed by atoms with Gasteiger partial charge < -0.3 is 9.79 Å². The Balaban J connectivity index is 0.00000408. The molecule has 0 aliphatic rings. The summed E-state index contributed by atoms with van der Waals surface area (Å²) in [4.78, 5) is 22.2. The number of primary sulfonamides is 1. The predicted octanol–water partition coefficient (Wildman–Crippen LogP) is 4.44. The number of benzene rings is 2. The molecule has 0 saturated carbocycles. The standard InChI is InChI=1S/C20H18BrF2N2O5PS2.Na/c21-18-8-13(4-6-17(18)20(22,23)31(26,27)28)11-32-12-14-5-7-19(25-10-14)15-2-1-3-16(9-15)33(24,29)30;/h1-10H,11-12H2,(H2,24,29,30)(H2,26,27,28);. The Hall–Kier alpha value is -0.660. The van der Waals surface area contributed by atoms with Crippen molar-refractivity contribution in [1.82, 2.24) is 4.98 Å². The Morgan fingerprint density at radius 1 is 1.06 bits per heavy atom. The summed E-state index contributed by atoms with van der Waals surface area (Å²) in [7, 11) is -9.46. The van der Waals surface area contributed by atoms with Crippen molar-refractivity contribution in [3.63, 3.8) is 0 Å². The van der Waals surface area contributed by atoms with Crippen LogP contribution >= 0.6 is 35.3 Å². The van der Waals surface area contributed by atoms with Crippen LogP contribution in [0, 0.1) is 0 Å². The van der Waals surface area contributed by atoms with Crippen LogP contribution in [0.4, 0.5) is 8.78 Å². The van der Waals surface area contributed by atoms with E-state index in [-0.39, 0.29) is 38.9 Å². The summed E-state index contributed by atoms with van der Waals surface area (Å²) >= 11 is 4.47. The van der Waals surface area contributed by atoms with Gasteiger partial charge >= 0.3 is 13.3 Å². The number of hydrogen-bond acceptors (Lipinski definition) is 5. The van der Waals surface area contributed by atoms with Crippen LogP contribution in [0.2, 0.25) is 0 Å². The first-order chi connectivity index (χ1) is 15.3. The smallest absolute Gasteiger partial charge is 0.320 e. The zero-order chi connectivity index (χ0) is 24.4. The Labute approximate surface area is 230 Å². The summed E-state index contributed by atoms with van der Waals surface area (Å²) in [5, 5.41) is 5.16. The number of nitrogens with zero attached hydrogens (tertiary/aromatic N) is 1. The molecule has 4 N–H and O–H groups in total. The molecule has 1 radical (unpaired) electrons. The van der Waals surface area contributed by atoms with E-state index in [1.807, 2.05) is 6.07 Å². The SMILES string of the molecule is NS(=O)(=O)c1cccc(-c2ccc(CSCc3ccc(C(F)(F)P(=O)(O)O)c(Br)c3)cn2)c1.[Na]. The predicted molar refractivity (Wildman–Crippen MR) is 132 cm³/mol. The molecule has 0 aliphatic carbocycles. The minimum atomic E-state index is -5.64. The third-order valence-corrected chi connectivity index (χ3v) is 8.16. The van der Waals surface area contributed by atoms with Crippen molar-refractivity contribution in [2.75, 3.05) is 0 Å². The number of hydrogen-bond donors (Lipinski definition) is 3. The van der Waals surface area contributed by atoms with Crippen molar-refractivity contribution in [1.29, 1.82) is 0 Å². The van der Waals surface area contributed by atoms with E-state index in [9.17, 15) is 21.8 Å². The molecule has 7 nitrogen and oxygen atoms in total. The van der Waals surface area contributed by atoms with E-state index in [2.05, 4.69) is 20.9 Å². The van der Waals surface area contributed by atoms with Crippen LogP contribution in [0.1, 0.15) is 16.7 Å². The van der Waals surface area contributed by atoms with Crippen molar-refractivity contribution in [3.05, 3.63) is 82.0 Å². The Kier molecular flexibility index (Phi) is 10.1. The quantitative estimate of drug-likeness (QED) is 0.257. The third-order valence-electron chi connectivity index (χ3n) is 4.54. The van der Waals surface area contributed by atoms with Crippen molar-refractivity contribution in [2.24, 2.45) is 5.14 Å². The average molecular weight is 602 g/mol. The van der Waals surface area contributed by atoms with Crippen LogP contribution in [-0.4, -0.2) is 52.7 Å². The Morgan fingerprint density at radius 3 is 2.26 bits per heavy atom. The average Bonchev–Trinajstić information content (AvgIpc) is 2.73. The van der Waals surface area contributed by atoms with Gasteiger partial charge in [-0.25, -0.2) is 13.6 Å². The summed E-state index contributed by atoms with van der Waals surface area (Å²) in [5.74, 6) is 1.04. The molecule has 0 spiro atoms. The number of aromatic nitrogens is 1. The molecule has 14 heteroatoms. The van der Waals surface area contributed by atoms with Crippen LogP contribution in [0.5, 0.6) is 0 Å². The van der Waals surface area contributed by atoms with E-state index in [1.165, 1.54) is 36.0 Å². The maximum atomic E-state index is 13.9. The van der Waals surface area contributed by atoms with Crippen LogP contribution in [-0.2, 0) is 31.8 Å². The maximum absolute atomic E-state index is 13.9. The summed E-state index contributed by atoms with van der Waals surface area (Å²) in [6.45, 7) is 0. The summed E-state index contributed by atoms with van der Waals surface area (Å²) < 4.78 is 61.9. The van der Waals surface area contributed by atoms with Gasteiger partial charge in [0.2, 0.25) is 10.0 Å². The second-order valence-electron chi connectivity index (χ2n) is 7.02. The number of sulfonamides is 1. The molecule has 1 aromatic heterocycles. The van der Waals surface area contributed by atoms with Gasteiger partial charge in [-0.05, 0) is 35.4 Å². The van der Waals surface area contributed by atoms with Crippen molar-refractivity contribution in [3.8, 4) is 11.3 Å². The van der Waals surface area contributed by atoms with E-state index >= 15 is 0 Å². The van der Waals surface area contributed by atoms with Gasteiger partial charge in [0.05, 0.1) is 10.6 Å².